The third-order valence-electron chi connectivity index (χ3n) is 2.79. The highest BCUT2D eigenvalue weighted by Gasteiger charge is 2.36. The molecule has 0 aliphatic carbocycles. The molecular weight excluding hydrogens is 266 g/mol. The number of carbonyl (C=O) groups is 2. The van der Waals surface area contributed by atoms with Gasteiger partial charge < -0.3 is 18.6 Å². The molecule has 0 aromatic carbocycles. The fourth-order valence-corrected chi connectivity index (χ4v) is 3.19. The highest BCUT2D eigenvalue weighted by molar-refractivity contribution is 6.60. The van der Waals surface area contributed by atoms with Crippen LogP contribution in [0.5, 0.6) is 0 Å². The molecule has 0 aromatic rings. The Kier molecular flexibility index (Phi) is 8.49. The van der Waals surface area contributed by atoms with Crippen LogP contribution in [0.25, 0.3) is 0 Å². The summed E-state index contributed by atoms with van der Waals surface area (Å²) in [5, 5.41) is 2.72. The van der Waals surface area contributed by atoms with Crippen LogP contribution in [0.1, 0.15) is 19.8 Å². The molecule has 7 heteroatoms. The van der Waals surface area contributed by atoms with Crippen LogP contribution in [0.15, 0.2) is 12.2 Å². The van der Waals surface area contributed by atoms with Crippen molar-refractivity contribution in [2.45, 2.75) is 25.8 Å². The second kappa shape index (κ2) is 8.97. The van der Waals surface area contributed by atoms with E-state index in [0.717, 1.165) is 0 Å². The van der Waals surface area contributed by atoms with E-state index in [1.807, 2.05) is 0 Å². The van der Waals surface area contributed by atoms with E-state index >= 15 is 0 Å². The Hall–Kier alpha value is -1.02. The Balaban J connectivity index is 3.94. The molecule has 0 spiro atoms. The van der Waals surface area contributed by atoms with E-state index in [-0.39, 0.29) is 18.1 Å². The van der Waals surface area contributed by atoms with Crippen molar-refractivity contribution in [2.75, 3.05) is 27.9 Å². The van der Waals surface area contributed by atoms with Gasteiger partial charge >= 0.3 is 8.80 Å². The van der Waals surface area contributed by atoms with Crippen molar-refractivity contribution in [3.05, 3.63) is 12.2 Å². The van der Waals surface area contributed by atoms with Crippen LogP contribution in [0.3, 0.4) is 0 Å². The van der Waals surface area contributed by atoms with Gasteiger partial charge in [-0.1, -0.05) is 6.58 Å². The molecule has 0 bridgehead atoms. The van der Waals surface area contributed by atoms with Gasteiger partial charge in [-0.05, 0) is 18.9 Å². The van der Waals surface area contributed by atoms with Crippen molar-refractivity contribution >= 4 is 20.5 Å². The van der Waals surface area contributed by atoms with E-state index < -0.39 is 8.80 Å². The van der Waals surface area contributed by atoms with Crippen LogP contribution >= 0.6 is 0 Å². The minimum absolute atomic E-state index is 0.0384. The van der Waals surface area contributed by atoms with Crippen molar-refractivity contribution in [3.8, 4) is 0 Å². The van der Waals surface area contributed by atoms with Crippen LogP contribution in [0.4, 0.5) is 0 Å². The molecule has 6 nitrogen and oxygen atoms in total. The van der Waals surface area contributed by atoms with Crippen LogP contribution < -0.4 is 5.32 Å². The van der Waals surface area contributed by atoms with E-state index in [2.05, 4.69) is 11.9 Å². The minimum atomic E-state index is -2.56. The van der Waals surface area contributed by atoms with Gasteiger partial charge in [-0.3, -0.25) is 9.59 Å². The number of Topliss-reactive ketones (excluding diaryl/α,β-unsaturated/α-hetero) is 1. The highest BCUT2D eigenvalue weighted by Crippen LogP contribution is 2.14. The van der Waals surface area contributed by atoms with Gasteiger partial charge in [0.05, 0.1) is 6.42 Å². The first-order chi connectivity index (χ1) is 8.90. The summed E-state index contributed by atoms with van der Waals surface area (Å²) in [7, 11) is 2.09. The standard InChI is InChI=1S/C12H23NO5Si/c1-10(11(2)14)9-12(15)13-7-6-8-19(16-3,17-4)18-5/h1,6-9H2,2-5H3,(H,13,15). The molecule has 1 N–H and O–H groups in total. The van der Waals surface area contributed by atoms with Crippen LogP contribution in [0, 0.1) is 0 Å². The Morgan fingerprint density at radius 3 is 2.11 bits per heavy atom. The molecule has 0 saturated carbocycles. The Bertz CT molecular complexity index is 320. The van der Waals surface area contributed by atoms with E-state index in [0.29, 0.717) is 24.6 Å². The number of hydrogen-bond donors (Lipinski definition) is 1. The number of hydrogen-bond acceptors (Lipinski definition) is 5. The molecule has 0 atom stereocenters. The lowest BCUT2D eigenvalue weighted by molar-refractivity contribution is -0.122. The molecule has 1 amide bonds. The number of nitrogens with one attached hydrogen (secondary N) is 1. The summed E-state index contributed by atoms with van der Waals surface area (Å²) in [4.78, 5) is 22.4. The zero-order valence-corrected chi connectivity index (χ0v) is 13.1. The minimum Gasteiger partial charge on any atom is -0.377 e. The predicted octanol–water partition coefficient (Wildman–Crippen LogP) is 0.906. The number of amides is 1. The van der Waals surface area contributed by atoms with Gasteiger partial charge in [0.2, 0.25) is 5.91 Å². The first-order valence-electron chi connectivity index (χ1n) is 6.01. The summed E-state index contributed by atoms with van der Waals surface area (Å²) in [5.41, 5.74) is 0.312. The zero-order valence-electron chi connectivity index (χ0n) is 12.1. The smallest absolute Gasteiger partial charge is 0.377 e. The molecule has 0 aliphatic rings. The molecule has 0 unspecified atom stereocenters. The Morgan fingerprint density at radius 1 is 1.16 bits per heavy atom. The van der Waals surface area contributed by atoms with Crippen LogP contribution in [-0.2, 0) is 22.9 Å². The van der Waals surface area contributed by atoms with E-state index in [9.17, 15) is 9.59 Å². The predicted molar refractivity (Wildman–Crippen MR) is 73.7 cm³/mol. The monoisotopic (exact) mass is 289 g/mol. The lowest BCUT2D eigenvalue weighted by Gasteiger charge is -2.24. The second-order valence-electron chi connectivity index (χ2n) is 4.09. The third kappa shape index (κ3) is 6.62. The first kappa shape index (κ1) is 18.0. The maximum absolute atomic E-state index is 11.5. The molecule has 0 saturated heterocycles. The molecule has 0 aliphatic heterocycles. The molecular formula is C12H23NO5Si. The lowest BCUT2D eigenvalue weighted by Crippen LogP contribution is -2.43. The number of ketones is 1. The fraction of sp³-hybridized carbons (Fsp3) is 0.667. The third-order valence-corrected chi connectivity index (χ3v) is 5.62. The van der Waals surface area contributed by atoms with E-state index in [4.69, 9.17) is 13.3 Å². The summed E-state index contributed by atoms with van der Waals surface area (Å²) in [6.07, 6.45) is 0.719. The average molecular weight is 289 g/mol. The number of carbonyl (C=O) groups excluding carboxylic acids is 2. The molecule has 0 radical (unpaired) electrons. The maximum Gasteiger partial charge on any atom is 0.500 e. The highest BCUT2D eigenvalue weighted by atomic mass is 28.4. The van der Waals surface area contributed by atoms with E-state index in [1.165, 1.54) is 6.92 Å². The Labute approximate surface area is 115 Å². The van der Waals surface area contributed by atoms with Crippen molar-refractivity contribution in [1.29, 1.82) is 0 Å². The quantitative estimate of drug-likeness (QED) is 0.367. The van der Waals surface area contributed by atoms with Crippen LogP contribution in [-0.4, -0.2) is 48.4 Å². The molecule has 0 heterocycles. The summed E-state index contributed by atoms with van der Waals surface area (Å²) in [6, 6.07) is 0.616. The average Bonchev–Trinajstić information content (AvgIpc) is 2.39. The largest absolute Gasteiger partial charge is 0.500 e. The Morgan fingerprint density at radius 2 is 1.68 bits per heavy atom. The summed E-state index contributed by atoms with van der Waals surface area (Å²) < 4.78 is 15.8. The zero-order chi connectivity index (χ0) is 14.9. The summed E-state index contributed by atoms with van der Waals surface area (Å²) in [6.45, 7) is 5.41. The molecule has 0 rings (SSSR count). The van der Waals surface area contributed by atoms with Gasteiger partial charge in [0.25, 0.3) is 0 Å². The topological polar surface area (TPSA) is 73.9 Å². The van der Waals surface area contributed by atoms with Crippen molar-refractivity contribution in [3.63, 3.8) is 0 Å². The fourth-order valence-electron chi connectivity index (χ4n) is 1.47. The van der Waals surface area contributed by atoms with E-state index in [1.54, 1.807) is 21.3 Å². The summed E-state index contributed by atoms with van der Waals surface area (Å²) >= 11 is 0. The lowest BCUT2D eigenvalue weighted by atomic mass is 10.1. The number of rotatable bonds is 10. The second-order valence-corrected chi connectivity index (χ2v) is 7.18. The summed E-state index contributed by atoms with van der Waals surface area (Å²) in [5.74, 6) is -0.376. The van der Waals surface area contributed by atoms with Gasteiger partial charge in [-0.15, -0.1) is 0 Å². The van der Waals surface area contributed by atoms with Crippen molar-refractivity contribution in [1.82, 2.24) is 5.32 Å². The molecule has 19 heavy (non-hydrogen) atoms. The SMILES string of the molecule is C=C(CC(=O)NCCC[Si](OC)(OC)OC)C(C)=O. The molecule has 0 fully saturated rings. The van der Waals surface area contributed by atoms with Gasteiger partial charge in [-0.2, -0.15) is 0 Å². The van der Waals surface area contributed by atoms with Crippen molar-refractivity contribution < 1.29 is 22.9 Å². The molecule has 110 valence electrons. The normalized spacial score (nSPS) is 11.2. The van der Waals surface area contributed by atoms with Gasteiger partial charge in [-0.25, -0.2) is 0 Å². The molecule has 0 aromatic heterocycles. The maximum atomic E-state index is 11.5. The van der Waals surface area contributed by atoms with Gasteiger partial charge in [0, 0.05) is 33.9 Å². The van der Waals surface area contributed by atoms with Crippen LogP contribution in [0.2, 0.25) is 6.04 Å². The van der Waals surface area contributed by atoms with Gasteiger partial charge in [0.15, 0.2) is 5.78 Å². The first-order valence-corrected chi connectivity index (χ1v) is 7.94. The van der Waals surface area contributed by atoms with Crippen molar-refractivity contribution in [2.24, 2.45) is 0 Å². The van der Waals surface area contributed by atoms with Gasteiger partial charge in [0.1, 0.15) is 0 Å².